The predicted molar refractivity (Wildman–Crippen MR) is 47.2 cm³/mol. The van der Waals surface area contributed by atoms with Crippen LogP contribution in [0.4, 0.5) is 18.9 Å². The van der Waals surface area contributed by atoms with Crippen molar-refractivity contribution < 1.29 is 17.9 Å². The number of hydrogen-bond donors (Lipinski definition) is 1. The molecule has 1 rings (SSSR count). The van der Waals surface area contributed by atoms with E-state index in [2.05, 4.69) is 10.1 Å². The smallest absolute Gasteiger partial charge is 0.387 e. The van der Waals surface area contributed by atoms with Crippen LogP contribution >= 0.6 is 0 Å². The summed E-state index contributed by atoms with van der Waals surface area (Å²) in [5.41, 5.74) is 0.229. The third-order valence-corrected chi connectivity index (χ3v) is 1.52. The van der Waals surface area contributed by atoms with Gasteiger partial charge in [-0.1, -0.05) is 0 Å². The highest BCUT2D eigenvalue weighted by molar-refractivity contribution is 5.56. The van der Waals surface area contributed by atoms with Gasteiger partial charge >= 0.3 is 6.61 Å². The van der Waals surface area contributed by atoms with Gasteiger partial charge in [-0.15, -0.1) is 0 Å². The molecule has 0 atom stereocenters. The lowest BCUT2D eigenvalue weighted by atomic mass is 10.3. The number of ether oxygens (including phenoxy) is 1. The Kier molecular flexibility index (Phi) is 3.62. The van der Waals surface area contributed by atoms with Crippen molar-refractivity contribution >= 4 is 5.69 Å². The Labute approximate surface area is 79.7 Å². The number of halogens is 3. The summed E-state index contributed by atoms with van der Waals surface area (Å²) in [6.07, 6.45) is 0. The topological polar surface area (TPSA) is 21.3 Å². The monoisotopic (exact) mass is 205 g/mol. The third-order valence-electron chi connectivity index (χ3n) is 1.52. The van der Waals surface area contributed by atoms with E-state index in [0.717, 1.165) is 12.1 Å². The third kappa shape index (κ3) is 2.83. The summed E-state index contributed by atoms with van der Waals surface area (Å²) in [5.74, 6) is -0.550. The summed E-state index contributed by atoms with van der Waals surface area (Å²) >= 11 is 0. The summed E-state index contributed by atoms with van der Waals surface area (Å²) < 4.78 is 40.7. The van der Waals surface area contributed by atoms with Gasteiger partial charge in [-0.05, 0) is 19.1 Å². The Balaban J connectivity index is 2.89. The number of anilines is 1. The van der Waals surface area contributed by atoms with E-state index in [4.69, 9.17) is 0 Å². The van der Waals surface area contributed by atoms with Crippen LogP contribution in [0.1, 0.15) is 6.92 Å². The van der Waals surface area contributed by atoms with Crippen LogP contribution in [0.15, 0.2) is 18.2 Å². The number of benzene rings is 1. The molecule has 0 aromatic heterocycles. The van der Waals surface area contributed by atoms with Gasteiger partial charge < -0.3 is 10.1 Å². The molecule has 0 saturated heterocycles. The van der Waals surface area contributed by atoms with Gasteiger partial charge in [0.05, 0.1) is 5.69 Å². The zero-order valence-corrected chi connectivity index (χ0v) is 7.56. The summed E-state index contributed by atoms with van der Waals surface area (Å²) in [6, 6.07) is 3.35. The van der Waals surface area contributed by atoms with Gasteiger partial charge in [-0.25, -0.2) is 4.39 Å². The first kappa shape index (κ1) is 10.7. The van der Waals surface area contributed by atoms with Gasteiger partial charge in [-0.2, -0.15) is 8.78 Å². The second-order valence-electron chi connectivity index (χ2n) is 2.55. The molecule has 78 valence electrons. The van der Waals surface area contributed by atoms with E-state index in [-0.39, 0.29) is 11.4 Å². The van der Waals surface area contributed by atoms with Crippen LogP contribution < -0.4 is 10.1 Å². The standard InChI is InChI=1S/C9H10F3NO/c1-2-13-7-5-6(10)3-4-8(7)14-9(11)12/h3-5,9,13H,2H2,1H3. The summed E-state index contributed by atoms with van der Waals surface area (Å²) in [7, 11) is 0. The quantitative estimate of drug-likeness (QED) is 0.816. The maximum atomic E-state index is 12.7. The highest BCUT2D eigenvalue weighted by Crippen LogP contribution is 2.26. The van der Waals surface area contributed by atoms with Gasteiger partial charge in [-0.3, -0.25) is 0 Å². The van der Waals surface area contributed by atoms with E-state index in [1.165, 1.54) is 6.07 Å². The number of alkyl halides is 2. The number of rotatable bonds is 4. The van der Waals surface area contributed by atoms with Crippen LogP contribution in [-0.2, 0) is 0 Å². The second-order valence-corrected chi connectivity index (χ2v) is 2.55. The van der Waals surface area contributed by atoms with Crippen LogP contribution in [0.3, 0.4) is 0 Å². The molecule has 0 fully saturated rings. The van der Waals surface area contributed by atoms with Crippen molar-refractivity contribution in [3.8, 4) is 5.75 Å². The Morgan fingerprint density at radius 2 is 2.14 bits per heavy atom. The first-order valence-electron chi connectivity index (χ1n) is 4.11. The van der Waals surface area contributed by atoms with Gasteiger partial charge in [0.25, 0.3) is 0 Å². The molecule has 0 aliphatic carbocycles. The van der Waals surface area contributed by atoms with Crippen molar-refractivity contribution in [3.05, 3.63) is 24.0 Å². The van der Waals surface area contributed by atoms with Crippen LogP contribution in [0.25, 0.3) is 0 Å². The fourth-order valence-electron chi connectivity index (χ4n) is 1.03. The van der Waals surface area contributed by atoms with Crippen LogP contribution in [0.2, 0.25) is 0 Å². The van der Waals surface area contributed by atoms with E-state index < -0.39 is 12.4 Å². The molecule has 2 nitrogen and oxygen atoms in total. The zero-order valence-electron chi connectivity index (χ0n) is 7.56. The van der Waals surface area contributed by atoms with Gasteiger partial charge in [0.2, 0.25) is 0 Å². The van der Waals surface area contributed by atoms with Gasteiger partial charge in [0, 0.05) is 12.6 Å². The van der Waals surface area contributed by atoms with Crippen molar-refractivity contribution in [2.75, 3.05) is 11.9 Å². The van der Waals surface area contributed by atoms with Crippen molar-refractivity contribution in [2.45, 2.75) is 13.5 Å². The lowest BCUT2D eigenvalue weighted by Gasteiger charge is -2.11. The van der Waals surface area contributed by atoms with Crippen LogP contribution in [-0.4, -0.2) is 13.2 Å². The average molecular weight is 205 g/mol. The predicted octanol–water partition coefficient (Wildman–Crippen LogP) is 2.86. The second kappa shape index (κ2) is 4.74. The Hall–Kier alpha value is -1.39. The summed E-state index contributed by atoms with van der Waals surface area (Å²) in [5, 5.41) is 2.72. The van der Waals surface area contributed by atoms with Crippen LogP contribution in [0, 0.1) is 5.82 Å². The molecule has 1 aromatic rings. The lowest BCUT2D eigenvalue weighted by Crippen LogP contribution is -2.06. The minimum atomic E-state index is -2.90. The normalized spacial score (nSPS) is 10.4. The molecule has 0 saturated carbocycles. The van der Waals surface area contributed by atoms with Crippen molar-refractivity contribution in [1.29, 1.82) is 0 Å². The van der Waals surface area contributed by atoms with E-state index >= 15 is 0 Å². The van der Waals surface area contributed by atoms with E-state index in [1.54, 1.807) is 6.92 Å². The Bertz CT molecular complexity index is 304. The molecule has 0 aliphatic heterocycles. The fraction of sp³-hybridized carbons (Fsp3) is 0.333. The summed E-state index contributed by atoms with van der Waals surface area (Å²) in [6.45, 7) is -0.627. The first-order valence-corrected chi connectivity index (χ1v) is 4.11. The maximum Gasteiger partial charge on any atom is 0.387 e. The maximum absolute atomic E-state index is 12.7. The SMILES string of the molecule is CCNc1cc(F)ccc1OC(F)F. The molecule has 0 spiro atoms. The lowest BCUT2D eigenvalue weighted by molar-refractivity contribution is -0.0494. The number of hydrogen-bond acceptors (Lipinski definition) is 2. The van der Waals surface area contributed by atoms with Crippen molar-refractivity contribution in [3.63, 3.8) is 0 Å². The molecule has 0 aliphatic rings. The largest absolute Gasteiger partial charge is 0.433 e. The summed E-state index contributed by atoms with van der Waals surface area (Å²) in [4.78, 5) is 0. The molecular weight excluding hydrogens is 195 g/mol. The average Bonchev–Trinajstić information content (AvgIpc) is 2.09. The van der Waals surface area contributed by atoms with Gasteiger partial charge in [0.15, 0.2) is 0 Å². The fourth-order valence-corrected chi connectivity index (χ4v) is 1.03. The molecule has 0 amide bonds. The highest BCUT2D eigenvalue weighted by Gasteiger charge is 2.09. The molecule has 0 radical (unpaired) electrons. The molecule has 0 unspecified atom stereocenters. The minimum Gasteiger partial charge on any atom is -0.433 e. The molecule has 14 heavy (non-hydrogen) atoms. The molecular formula is C9H10F3NO. The molecule has 0 heterocycles. The van der Waals surface area contributed by atoms with E-state index in [0.29, 0.717) is 6.54 Å². The molecule has 5 heteroatoms. The first-order chi connectivity index (χ1) is 6.63. The van der Waals surface area contributed by atoms with Gasteiger partial charge in [0.1, 0.15) is 11.6 Å². The van der Waals surface area contributed by atoms with Crippen molar-refractivity contribution in [1.82, 2.24) is 0 Å². The highest BCUT2D eigenvalue weighted by atomic mass is 19.3. The van der Waals surface area contributed by atoms with Crippen molar-refractivity contribution in [2.24, 2.45) is 0 Å². The minimum absolute atomic E-state index is 0.0525. The molecule has 1 aromatic carbocycles. The molecule has 1 N–H and O–H groups in total. The Morgan fingerprint density at radius 1 is 1.43 bits per heavy atom. The number of nitrogens with one attached hydrogen (secondary N) is 1. The Morgan fingerprint density at radius 3 is 2.71 bits per heavy atom. The van der Waals surface area contributed by atoms with E-state index in [9.17, 15) is 13.2 Å². The van der Waals surface area contributed by atoms with E-state index in [1.807, 2.05) is 0 Å². The molecule has 0 bridgehead atoms. The van der Waals surface area contributed by atoms with Crippen LogP contribution in [0.5, 0.6) is 5.75 Å². The zero-order chi connectivity index (χ0) is 10.6.